The van der Waals surface area contributed by atoms with Crippen LogP contribution < -0.4 is 0 Å². The number of fused-ring (bicyclic) bond motifs is 1. The molecule has 0 aromatic heterocycles. The van der Waals surface area contributed by atoms with Gasteiger partial charge in [0.05, 0.1) is 0 Å². The third-order valence-electron chi connectivity index (χ3n) is 4.10. The average molecular weight is 236 g/mol. The molecule has 0 heteroatoms. The predicted molar refractivity (Wildman–Crippen MR) is 78.4 cm³/mol. The van der Waals surface area contributed by atoms with Crippen molar-refractivity contribution in [1.82, 2.24) is 0 Å². The molecule has 0 aliphatic heterocycles. The van der Waals surface area contributed by atoms with Gasteiger partial charge in [0.1, 0.15) is 0 Å². The molecular formula is C18H20. The van der Waals surface area contributed by atoms with Gasteiger partial charge in [0.25, 0.3) is 0 Å². The maximum absolute atomic E-state index is 2.40. The number of benzene rings is 1. The Kier molecular flexibility index (Phi) is 3.19. The lowest BCUT2D eigenvalue weighted by Gasteiger charge is -2.16. The summed E-state index contributed by atoms with van der Waals surface area (Å²) in [5.74, 6) is 0.712. The van der Waals surface area contributed by atoms with Crippen LogP contribution in [-0.4, -0.2) is 0 Å². The van der Waals surface area contributed by atoms with E-state index in [2.05, 4.69) is 55.5 Å². The molecule has 2 aliphatic rings. The average Bonchev–Trinajstić information content (AvgIpc) is 3.04. The van der Waals surface area contributed by atoms with Gasteiger partial charge in [-0.1, -0.05) is 61.1 Å². The van der Waals surface area contributed by atoms with E-state index in [1.807, 2.05) is 0 Å². The first-order valence-corrected chi connectivity index (χ1v) is 7.00. The van der Waals surface area contributed by atoms with Gasteiger partial charge in [-0.25, -0.2) is 0 Å². The summed E-state index contributed by atoms with van der Waals surface area (Å²) in [6, 6.07) is 8.78. The van der Waals surface area contributed by atoms with Crippen molar-refractivity contribution in [3.8, 4) is 0 Å². The van der Waals surface area contributed by atoms with Crippen LogP contribution in [0, 0.1) is 5.92 Å². The molecular weight excluding hydrogens is 216 g/mol. The molecule has 0 radical (unpaired) electrons. The lowest BCUT2D eigenvalue weighted by molar-refractivity contribution is 0.595. The van der Waals surface area contributed by atoms with Gasteiger partial charge in [0, 0.05) is 0 Å². The molecule has 3 rings (SSSR count). The Balaban J connectivity index is 1.73. The Hall–Kier alpha value is -1.56. The molecule has 1 unspecified atom stereocenters. The number of rotatable bonds is 4. The molecule has 1 aromatic rings. The lowest BCUT2D eigenvalue weighted by atomic mass is 9.89. The zero-order chi connectivity index (χ0) is 12.4. The van der Waals surface area contributed by atoms with Crippen molar-refractivity contribution in [2.75, 3.05) is 0 Å². The van der Waals surface area contributed by atoms with E-state index >= 15 is 0 Å². The van der Waals surface area contributed by atoms with E-state index in [0.29, 0.717) is 5.92 Å². The zero-order valence-corrected chi connectivity index (χ0v) is 11.0. The standard InChI is InChI=1S/C18H20/c1-2-15(16-7-3-4-8-16)11-14-12-17-9-5-6-10-18(17)13-14/h3,5-10,12,15H,2,4,11,13H2,1H3. The minimum absolute atomic E-state index is 0.712. The number of hydrogen-bond donors (Lipinski definition) is 0. The molecule has 0 nitrogen and oxygen atoms in total. The second-order valence-corrected chi connectivity index (χ2v) is 5.33. The molecule has 0 fully saturated rings. The van der Waals surface area contributed by atoms with Crippen LogP contribution in [0.15, 0.2) is 53.6 Å². The largest absolute Gasteiger partial charge is 0.0805 e. The van der Waals surface area contributed by atoms with Crippen LogP contribution in [0.5, 0.6) is 0 Å². The Morgan fingerprint density at radius 2 is 2.11 bits per heavy atom. The molecule has 92 valence electrons. The maximum atomic E-state index is 2.40. The van der Waals surface area contributed by atoms with E-state index in [0.717, 1.165) is 12.8 Å². The Morgan fingerprint density at radius 3 is 2.83 bits per heavy atom. The molecule has 0 N–H and O–H groups in total. The van der Waals surface area contributed by atoms with Gasteiger partial charge in [-0.3, -0.25) is 0 Å². The molecule has 0 saturated carbocycles. The minimum atomic E-state index is 0.712. The Labute approximate surface area is 110 Å². The van der Waals surface area contributed by atoms with Gasteiger partial charge in [-0.05, 0) is 48.3 Å². The van der Waals surface area contributed by atoms with Crippen molar-refractivity contribution in [2.45, 2.75) is 32.6 Å². The van der Waals surface area contributed by atoms with Crippen LogP contribution in [-0.2, 0) is 6.42 Å². The summed E-state index contributed by atoms with van der Waals surface area (Å²) in [4.78, 5) is 0. The highest BCUT2D eigenvalue weighted by molar-refractivity contribution is 5.63. The van der Waals surface area contributed by atoms with Crippen LogP contribution in [0.25, 0.3) is 6.08 Å². The molecule has 0 amide bonds. The second-order valence-electron chi connectivity index (χ2n) is 5.33. The first kappa shape index (κ1) is 11.5. The highest BCUT2D eigenvalue weighted by atomic mass is 14.2. The number of allylic oxidation sites excluding steroid dienone is 5. The van der Waals surface area contributed by atoms with Crippen molar-refractivity contribution in [2.24, 2.45) is 5.92 Å². The fraction of sp³-hybridized carbons (Fsp3) is 0.333. The summed E-state index contributed by atoms with van der Waals surface area (Å²) >= 11 is 0. The quantitative estimate of drug-likeness (QED) is 0.695. The zero-order valence-electron chi connectivity index (χ0n) is 11.0. The van der Waals surface area contributed by atoms with E-state index in [-0.39, 0.29) is 0 Å². The van der Waals surface area contributed by atoms with Gasteiger partial charge in [-0.2, -0.15) is 0 Å². The first-order chi connectivity index (χ1) is 8.86. The van der Waals surface area contributed by atoms with E-state index in [1.54, 1.807) is 11.1 Å². The SMILES string of the molecule is CCC(CC1=Cc2ccccc2C1)C1=CCC=C1. The fourth-order valence-corrected chi connectivity index (χ4v) is 3.08. The highest BCUT2D eigenvalue weighted by Gasteiger charge is 2.18. The van der Waals surface area contributed by atoms with Crippen LogP contribution >= 0.6 is 0 Å². The Morgan fingerprint density at radius 1 is 1.22 bits per heavy atom. The molecule has 0 heterocycles. The molecule has 2 aliphatic carbocycles. The van der Waals surface area contributed by atoms with Crippen molar-refractivity contribution in [3.05, 3.63) is 64.8 Å². The molecule has 18 heavy (non-hydrogen) atoms. The Bertz CT molecular complexity index is 529. The number of hydrogen-bond acceptors (Lipinski definition) is 0. The fourth-order valence-electron chi connectivity index (χ4n) is 3.08. The van der Waals surface area contributed by atoms with Gasteiger partial charge in [0.2, 0.25) is 0 Å². The summed E-state index contributed by atoms with van der Waals surface area (Å²) in [5.41, 5.74) is 6.08. The molecule has 0 saturated heterocycles. The summed E-state index contributed by atoms with van der Waals surface area (Å²) in [5, 5.41) is 0. The maximum Gasteiger partial charge on any atom is -0.00576 e. The van der Waals surface area contributed by atoms with Crippen molar-refractivity contribution in [1.29, 1.82) is 0 Å². The second kappa shape index (κ2) is 4.97. The van der Waals surface area contributed by atoms with Crippen LogP contribution in [0.1, 0.15) is 37.3 Å². The summed E-state index contributed by atoms with van der Waals surface area (Å²) < 4.78 is 0. The molecule has 0 bridgehead atoms. The molecule has 0 spiro atoms. The van der Waals surface area contributed by atoms with E-state index in [9.17, 15) is 0 Å². The summed E-state index contributed by atoms with van der Waals surface area (Å²) in [7, 11) is 0. The van der Waals surface area contributed by atoms with Gasteiger partial charge in [0.15, 0.2) is 0 Å². The van der Waals surface area contributed by atoms with Crippen LogP contribution in [0.3, 0.4) is 0 Å². The summed E-state index contributed by atoms with van der Waals surface area (Å²) in [6.45, 7) is 2.31. The summed E-state index contributed by atoms with van der Waals surface area (Å²) in [6.07, 6.45) is 14.1. The highest BCUT2D eigenvalue weighted by Crippen LogP contribution is 2.33. The van der Waals surface area contributed by atoms with Crippen LogP contribution in [0.2, 0.25) is 0 Å². The van der Waals surface area contributed by atoms with E-state index in [4.69, 9.17) is 0 Å². The minimum Gasteiger partial charge on any atom is -0.0805 e. The first-order valence-electron chi connectivity index (χ1n) is 7.00. The van der Waals surface area contributed by atoms with Crippen molar-refractivity contribution in [3.63, 3.8) is 0 Å². The lowest BCUT2D eigenvalue weighted by Crippen LogP contribution is -2.02. The van der Waals surface area contributed by atoms with Crippen LogP contribution in [0.4, 0.5) is 0 Å². The normalized spacial score (nSPS) is 18.5. The topological polar surface area (TPSA) is 0 Å². The monoisotopic (exact) mass is 236 g/mol. The van der Waals surface area contributed by atoms with Crippen molar-refractivity contribution < 1.29 is 0 Å². The molecule has 1 atom stereocenters. The predicted octanol–water partition coefficient (Wildman–Crippen LogP) is 4.93. The van der Waals surface area contributed by atoms with Crippen molar-refractivity contribution >= 4 is 6.08 Å². The third kappa shape index (κ3) is 2.20. The van der Waals surface area contributed by atoms with Gasteiger partial charge in [-0.15, -0.1) is 0 Å². The van der Waals surface area contributed by atoms with Gasteiger partial charge >= 0.3 is 0 Å². The van der Waals surface area contributed by atoms with Gasteiger partial charge < -0.3 is 0 Å². The smallest absolute Gasteiger partial charge is 0.00576 e. The molecule has 1 aromatic carbocycles. The van der Waals surface area contributed by atoms with E-state index < -0.39 is 0 Å². The third-order valence-corrected chi connectivity index (χ3v) is 4.10. The van der Waals surface area contributed by atoms with E-state index in [1.165, 1.54) is 24.0 Å².